The van der Waals surface area contributed by atoms with Crippen LogP contribution in [0.2, 0.25) is 5.28 Å². The highest BCUT2D eigenvalue weighted by Gasteiger charge is 2.30. The average Bonchev–Trinajstić information content (AvgIpc) is 2.83. The molecule has 1 saturated heterocycles. The average molecular weight is 404 g/mol. The van der Waals surface area contributed by atoms with Gasteiger partial charge in [0.2, 0.25) is 15.3 Å². The van der Waals surface area contributed by atoms with Gasteiger partial charge in [0, 0.05) is 12.7 Å². The van der Waals surface area contributed by atoms with Crippen LogP contribution in [0.3, 0.4) is 0 Å². The smallest absolute Gasteiger partial charge is 0.235 e. The normalized spacial score (nSPS) is 16.7. The van der Waals surface area contributed by atoms with E-state index in [4.69, 9.17) is 11.6 Å². The molecule has 3 rings (SSSR count). The second-order valence-corrected chi connectivity index (χ2v) is 7.92. The lowest BCUT2D eigenvalue weighted by atomic mass is 10.2. The van der Waals surface area contributed by atoms with Crippen molar-refractivity contribution < 1.29 is 8.42 Å². The van der Waals surface area contributed by atoms with Crippen molar-refractivity contribution in [2.75, 3.05) is 21.9 Å². The third kappa shape index (κ3) is 3.04. The first-order valence-electron chi connectivity index (χ1n) is 6.52. The monoisotopic (exact) mass is 402 g/mol. The van der Waals surface area contributed by atoms with Crippen LogP contribution >= 0.6 is 27.5 Å². The number of para-hydroxylation sites is 2. The first kappa shape index (κ1) is 15.5. The van der Waals surface area contributed by atoms with Gasteiger partial charge in [0.15, 0.2) is 0 Å². The zero-order valence-corrected chi connectivity index (χ0v) is 14.5. The molecule has 0 amide bonds. The third-order valence-corrected chi connectivity index (χ3v) is 5.86. The van der Waals surface area contributed by atoms with Crippen LogP contribution in [0, 0.1) is 0 Å². The standard InChI is InChI=1S/C13H12BrClN4O2S/c14-9-8-16-13(15)18-12(9)17-10-4-1-2-5-11(10)19-6-3-7-22(19,20)21/h1-2,4-5,8H,3,6-7H2,(H,16,17,18). The Hall–Kier alpha value is -1.38. The number of aromatic nitrogens is 2. The molecule has 2 heterocycles. The number of hydrogen-bond donors (Lipinski definition) is 1. The lowest BCUT2D eigenvalue weighted by molar-refractivity contribution is 0.599. The predicted octanol–water partition coefficient (Wildman–Crippen LogP) is 3.18. The Balaban J connectivity index is 2.00. The van der Waals surface area contributed by atoms with Crippen LogP contribution in [0.25, 0.3) is 0 Å². The van der Waals surface area contributed by atoms with Crippen LogP contribution in [-0.4, -0.2) is 30.7 Å². The van der Waals surface area contributed by atoms with E-state index >= 15 is 0 Å². The Morgan fingerprint density at radius 1 is 1.32 bits per heavy atom. The van der Waals surface area contributed by atoms with Gasteiger partial charge < -0.3 is 5.32 Å². The third-order valence-electron chi connectivity index (χ3n) is 3.24. The molecule has 22 heavy (non-hydrogen) atoms. The molecular weight excluding hydrogens is 392 g/mol. The Morgan fingerprint density at radius 2 is 2.09 bits per heavy atom. The highest BCUT2D eigenvalue weighted by atomic mass is 79.9. The van der Waals surface area contributed by atoms with Crippen LogP contribution in [0.1, 0.15) is 6.42 Å². The summed E-state index contributed by atoms with van der Waals surface area (Å²) in [4.78, 5) is 7.97. The first-order valence-corrected chi connectivity index (χ1v) is 9.30. The van der Waals surface area contributed by atoms with Crippen molar-refractivity contribution in [2.24, 2.45) is 0 Å². The molecular formula is C13H12BrClN4O2S. The van der Waals surface area contributed by atoms with E-state index in [0.29, 0.717) is 34.6 Å². The second-order valence-electron chi connectivity index (χ2n) is 4.72. The predicted molar refractivity (Wildman–Crippen MR) is 90.2 cm³/mol. The van der Waals surface area contributed by atoms with Gasteiger partial charge in [0.1, 0.15) is 5.82 Å². The maximum absolute atomic E-state index is 12.1. The Kier molecular flexibility index (Phi) is 4.24. The summed E-state index contributed by atoms with van der Waals surface area (Å²) in [5.74, 6) is 0.647. The summed E-state index contributed by atoms with van der Waals surface area (Å²) in [5.41, 5.74) is 1.24. The number of nitrogens with one attached hydrogen (secondary N) is 1. The zero-order valence-electron chi connectivity index (χ0n) is 11.3. The minimum absolute atomic E-state index is 0.108. The molecule has 1 aromatic heterocycles. The van der Waals surface area contributed by atoms with Gasteiger partial charge in [0.05, 0.1) is 21.6 Å². The van der Waals surface area contributed by atoms with Crippen molar-refractivity contribution >= 4 is 54.7 Å². The van der Waals surface area contributed by atoms with Crippen LogP contribution < -0.4 is 9.62 Å². The van der Waals surface area contributed by atoms with Crippen molar-refractivity contribution in [1.82, 2.24) is 9.97 Å². The van der Waals surface area contributed by atoms with Gasteiger partial charge in [-0.3, -0.25) is 4.31 Å². The number of anilines is 3. The maximum Gasteiger partial charge on any atom is 0.235 e. The molecule has 0 aliphatic carbocycles. The van der Waals surface area contributed by atoms with Crippen LogP contribution in [0.15, 0.2) is 34.9 Å². The van der Waals surface area contributed by atoms with Crippen molar-refractivity contribution in [3.8, 4) is 0 Å². The van der Waals surface area contributed by atoms with Crippen molar-refractivity contribution in [2.45, 2.75) is 6.42 Å². The number of hydrogen-bond acceptors (Lipinski definition) is 5. The molecule has 0 radical (unpaired) electrons. The molecule has 1 aliphatic rings. The SMILES string of the molecule is O=S1(=O)CCCN1c1ccccc1Nc1nc(Cl)ncc1Br. The van der Waals surface area contributed by atoms with Crippen LogP contribution in [0.4, 0.5) is 17.2 Å². The lowest BCUT2D eigenvalue weighted by Crippen LogP contribution is -2.25. The summed E-state index contributed by atoms with van der Waals surface area (Å²) in [7, 11) is -3.25. The van der Waals surface area contributed by atoms with Crippen molar-refractivity contribution in [3.05, 3.63) is 40.2 Å². The summed E-state index contributed by atoms with van der Waals surface area (Å²) < 4.78 is 26.3. The van der Waals surface area contributed by atoms with E-state index in [0.717, 1.165) is 0 Å². The molecule has 1 aromatic carbocycles. The van der Waals surface area contributed by atoms with Gasteiger partial charge in [-0.1, -0.05) is 12.1 Å². The molecule has 1 fully saturated rings. The zero-order chi connectivity index (χ0) is 15.7. The van der Waals surface area contributed by atoms with E-state index < -0.39 is 10.0 Å². The number of rotatable bonds is 3. The molecule has 0 atom stereocenters. The molecule has 2 aromatic rings. The topological polar surface area (TPSA) is 75.2 Å². The van der Waals surface area contributed by atoms with Crippen LogP contribution in [-0.2, 0) is 10.0 Å². The Bertz CT molecular complexity index is 815. The summed E-state index contributed by atoms with van der Waals surface area (Å²) >= 11 is 9.15. The van der Waals surface area contributed by atoms with E-state index in [1.165, 1.54) is 10.5 Å². The fourth-order valence-electron chi connectivity index (χ4n) is 2.27. The maximum atomic E-state index is 12.1. The van der Waals surface area contributed by atoms with Gasteiger partial charge in [-0.15, -0.1) is 0 Å². The van der Waals surface area contributed by atoms with Gasteiger partial charge in [-0.2, -0.15) is 4.98 Å². The highest BCUT2D eigenvalue weighted by Crippen LogP contribution is 2.34. The highest BCUT2D eigenvalue weighted by molar-refractivity contribution is 9.10. The Morgan fingerprint density at radius 3 is 2.82 bits per heavy atom. The molecule has 1 N–H and O–H groups in total. The van der Waals surface area contributed by atoms with Gasteiger partial charge >= 0.3 is 0 Å². The summed E-state index contributed by atoms with van der Waals surface area (Å²) in [6.07, 6.45) is 2.16. The van der Waals surface area contributed by atoms with E-state index in [2.05, 4.69) is 31.2 Å². The van der Waals surface area contributed by atoms with E-state index in [-0.39, 0.29) is 11.0 Å². The molecule has 6 nitrogen and oxygen atoms in total. The van der Waals surface area contributed by atoms with E-state index in [9.17, 15) is 8.42 Å². The molecule has 0 bridgehead atoms. The van der Waals surface area contributed by atoms with E-state index in [1.54, 1.807) is 18.2 Å². The Labute approximate surface area is 141 Å². The molecule has 1 aliphatic heterocycles. The van der Waals surface area contributed by atoms with Gasteiger partial charge in [-0.25, -0.2) is 13.4 Å². The van der Waals surface area contributed by atoms with Crippen LogP contribution in [0.5, 0.6) is 0 Å². The largest absolute Gasteiger partial charge is 0.337 e. The molecule has 9 heteroatoms. The number of sulfonamides is 1. The summed E-state index contributed by atoms with van der Waals surface area (Å²) in [5, 5.41) is 3.22. The molecule has 116 valence electrons. The minimum atomic E-state index is -3.25. The fourth-order valence-corrected chi connectivity index (χ4v) is 4.27. The first-order chi connectivity index (χ1) is 10.5. The second kappa shape index (κ2) is 6.02. The quantitative estimate of drug-likeness (QED) is 0.797. The number of halogens is 2. The fraction of sp³-hybridized carbons (Fsp3) is 0.231. The number of nitrogens with zero attached hydrogens (tertiary/aromatic N) is 3. The van der Waals surface area contributed by atoms with Crippen molar-refractivity contribution in [3.63, 3.8) is 0 Å². The van der Waals surface area contributed by atoms with Gasteiger partial charge in [-0.05, 0) is 46.1 Å². The minimum Gasteiger partial charge on any atom is -0.337 e. The van der Waals surface area contributed by atoms with Gasteiger partial charge in [0.25, 0.3) is 0 Å². The van der Waals surface area contributed by atoms with E-state index in [1.807, 2.05) is 6.07 Å². The molecule has 0 spiro atoms. The molecule has 0 unspecified atom stereocenters. The number of benzene rings is 1. The lowest BCUT2D eigenvalue weighted by Gasteiger charge is -2.21. The summed E-state index contributed by atoms with van der Waals surface area (Å²) in [6, 6.07) is 7.19. The molecule has 0 saturated carbocycles. The van der Waals surface area contributed by atoms with Crippen molar-refractivity contribution in [1.29, 1.82) is 0 Å². The summed E-state index contributed by atoms with van der Waals surface area (Å²) in [6.45, 7) is 0.479.